The zero-order chi connectivity index (χ0) is 20.6. The molecule has 0 aliphatic carbocycles. The Morgan fingerprint density at radius 1 is 0.862 bits per heavy atom. The fourth-order valence-corrected chi connectivity index (χ4v) is 2.62. The summed E-state index contributed by atoms with van der Waals surface area (Å²) in [5, 5.41) is 8.64. The van der Waals surface area contributed by atoms with Gasteiger partial charge in [-0.3, -0.25) is 14.4 Å². The number of rotatable bonds is 7. The van der Waals surface area contributed by atoms with Crippen LogP contribution in [0.3, 0.4) is 0 Å². The summed E-state index contributed by atoms with van der Waals surface area (Å²) in [5.41, 5.74) is 1.51. The first kappa shape index (κ1) is 20.2. The molecule has 0 fully saturated rings. The molecule has 0 saturated carbocycles. The van der Waals surface area contributed by atoms with Crippen molar-refractivity contribution in [3.05, 3.63) is 83.3 Å². The lowest BCUT2D eigenvalue weighted by atomic mass is 10.2. The summed E-state index contributed by atoms with van der Waals surface area (Å²) in [5.74, 6) is -0.743. The van der Waals surface area contributed by atoms with Gasteiger partial charge in [-0.25, -0.2) is 0 Å². The molecule has 0 bridgehead atoms. The Hall–Kier alpha value is -3.58. The number of hydrogen-bond acceptors (Lipinski definition) is 4. The molecule has 148 valence electrons. The molecule has 0 spiro atoms. The second-order valence-electron chi connectivity index (χ2n) is 6.07. The first-order valence-corrected chi connectivity index (χ1v) is 9.17. The van der Waals surface area contributed by atoms with Gasteiger partial charge in [0.1, 0.15) is 0 Å². The van der Waals surface area contributed by atoms with Crippen LogP contribution in [-0.4, -0.2) is 24.3 Å². The van der Waals surface area contributed by atoms with Crippen LogP contribution in [0.2, 0.25) is 5.02 Å². The van der Waals surface area contributed by atoms with Gasteiger partial charge in [0.2, 0.25) is 5.91 Å². The van der Waals surface area contributed by atoms with Crippen molar-refractivity contribution in [2.45, 2.75) is 6.42 Å². The monoisotopic (exact) mass is 411 g/mol. The maximum absolute atomic E-state index is 12.1. The van der Waals surface area contributed by atoms with Gasteiger partial charge in [-0.05, 0) is 54.6 Å². The standard InChI is InChI=1S/C21H18ClN3O4/c22-15-8-6-14(7-9-15)20(27)23-11-10-19(26)24-16-3-1-4-17(13-16)25-21(28)18-5-2-12-29-18/h1-9,12-13H,10-11H2,(H,23,27)(H,24,26)(H,25,28). The molecule has 2 aromatic carbocycles. The summed E-state index contributed by atoms with van der Waals surface area (Å²) in [6.07, 6.45) is 1.51. The number of carbonyl (C=O) groups excluding carboxylic acids is 3. The van der Waals surface area contributed by atoms with Crippen LogP contribution in [0.1, 0.15) is 27.3 Å². The minimum Gasteiger partial charge on any atom is -0.459 e. The lowest BCUT2D eigenvalue weighted by molar-refractivity contribution is -0.116. The van der Waals surface area contributed by atoms with Crippen LogP contribution < -0.4 is 16.0 Å². The van der Waals surface area contributed by atoms with Crippen molar-refractivity contribution in [3.8, 4) is 0 Å². The van der Waals surface area contributed by atoms with E-state index in [1.165, 1.54) is 6.26 Å². The highest BCUT2D eigenvalue weighted by Gasteiger charge is 2.10. The Bertz CT molecular complexity index is 1000. The highest BCUT2D eigenvalue weighted by atomic mass is 35.5. The van der Waals surface area contributed by atoms with E-state index in [1.807, 2.05) is 0 Å². The lowest BCUT2D eigenvalue weighted by Gasteiger charge is -2.09. The predicted molar refractivity (Wildman–Crippen MR) is 110 cm³/mol. The van der Waals surface area contributed by atoms with Crippen molar-refractivity contribution in [1.82, 2.24) is 5.32 Å². The topological polar surface area (TPSA) is 100 Å². The van der Waals surface area contributed by atoms with Gasteiger partial charge in [0, 0.05) is 34.9 Å². The fraction of sp³-hybridized carbons (Fsp3) is 0.0952. The summed E-state index contributed by atoms with van der Waals surface area (Å²) in [4.78, 5) is 36.1. The Morgan fingerprint density at radius 2 is 1.59 bits per heavy atom. The first-order valence-electron chi connectivity index (χ1n) is 8.80. The second kappa shape index (κ2) is 9.57. The molecule has 0 unspecified atom stereocenters. The third kappa shape index (κ3) is 5.95. The van der Waals surface area contributed by atoms with Gasteiger partial charge >= 0.3 is 0 Å². The predicted octanol–water partition coefficient (Wildman–Crippen LogP) is 3.94. The molecule has 3 amide bonds. The SMILES string of the molecule is O=C(CCNC(=O)c1ccc(Cl)cc1)Nc1cccc(NC(=O)c2ccco2)c1. The van der Waals surface area contributed by atoms with E-state index in [2.05, 4.69) is 16.0 Å². The molecule has 3 aromatic rings. The smallest absolute Gasteiger partial charge is 0.291 e. The van der Waals surface area contributed by atoms with Gasteiger partial charge < -0.3 is 20.4 Å². The number of anilines is 2. The molecule has 0 radical (unpaired) electrons. The minimum atomic E-state index is -0.386. The van der Waals surface area contributed by atoms with E-state index in [4.69, 9.17) is 16.0 Å². The Labute approximate surface area is 172 Å². The van der Waals surface area contributed by atoms with Crippen LogP contribution in [0.5, 0.6) is 0 Å². The summed E-state index contributed by atoms with van der Waals surface area (Å²) >= 11 is 5.79. The fourth-order valence-electron chi connectivity index (χ4n) is 2.49. The lowest BCUT2D eigenvalue weighted by Crippen LogP contribution is -2.27. The number of amides is 3. The van der Waals surface area contributed by atoms with E-state index in [0.717, 1.165) is 0 Å². The molecule has 3 rings (SSSR count). The summed E-state index contributed by atoms with van der Waals surface area (Å²) < 4.78 is 5.04. The summed E-state index contributed by atoms with van der Waals surface area (Å²) in [6, 6.07) is 16.4. The van der Waals surface area contributed by atoms with Gasteiger partial charge in [0.15, 0.2) is 5.76 Å². The Morgan fingerprint density at radius 3 is 2.28 bits per heavy atom. The minimum absolute atomic E-state index is 0.0995. The van der Waals surface area contributed by atoms with E-state index >= 15 is 0 Å². The van der Waals surface area contributed by atoms with Crippen molar-refractivity contribution < 1.29 is 18.8 Å². The zero-order valence-corrected chi connectivity index (χ0v) is 16.0. The first-order chi connectivity index (χ1) is 14.0. The zero-order valence-electron chi connectivity index (χ0n) is 15.3. The maximum atomic E-state index is 12.1. The van der Waals surface area contributed by atoms with Crippen LogP contribution in [-0.2, 0) is 4.79 Å². The number of benzene rings is 2. The molecule has 1 aromatic heterocycles. The van der Waals surface area contributed by atoms with Crippen molar-refractivity contribution in [2.75, 3.05) is 17.2 Å². The van der Waals surface area contributed by atoms with Crippen molar-refractivity contribution in [2.24, 2.45) is 0 Å². The highest BCUT2D eigenvalue weighted by Crippen LogP contribution is 2.16. The Kier molecular flexibility index (Phi) is 6.65. The summed E-state index contributed by atoms with van der Waals surface area (Å²) in [6.45, 7) is 0.183. The average Bonchev–Trinajstić information content (AvgIpc) is 3.24. The van der Waals surface area contributed by atoms with E-state index in [-0.39, 0.29) is 36.4 Å². The van der Waals surface area contributed by atoms with E-state index in [9.17, 15) is 14.4 Å². The Balaban J connectivity index is 1.47. The molecule has 0 saturated heterocycles. The molecule has 7 nitrogen and oxygen atoms in total. The molecule has 8 heteroatoms. The van der Waals surface area contributed by atoms with Gasteiger partial charge in [-0.15, -0.1) is 0 Å². The normalized spacial score (nSPS) is 10.2. The number of nitrogens with one attached hydrogen (secondary N) is 3. The van der Waals surface area contributed by atoms with E-state index < -0.39 is 0 Å². The van der Waals surface area contributed by atoms with Crippen LogP contribution in [0.15, 0.2) is 71.3 Å². The molecule has 0 aliphatic heterocycles. The van der Waals surface area contributed by atoms with E-state index in [0.29, 0.717) is 22.0 Å². The third-order valence-electron chi connectivity index (χ3n) is 3.89. The van der Waals surface area contributed by atoms with Gasteiger partial charge in [-0.2, -0.15) is 0 Å². The number of furan rings is 1. The molecule has 29 heavy (non-hydrogen) atoms. The molecule has 1 heterocycles. The van der Waals surface area contributed by atoms with Gasteiger partial charge in [-0.1, -0.05) is 17.7 Å². The van der Waals surface area contributed by atoms with Crippen molar-refractivity contribution >= 4 is 40.7 Å². The molecule has 0 atom stereocenters. The maximum Gasteiger partial charge on any atom is 0.291 e. The van der Waals surface area contributed by atoms with Gasteiger partial charge in [0.25, 0.3) is 11.8 Å². The third-order valence-corrected chi connectivity index (χ3v) is 4.15. The highest BCUT2D eigenvalue weighted by molar-refractivity contribution is 6.30. The van der Waals surface area contributed by atoms with Crippen molar-refractivity contribution in [1.29, 1.82) is 0 Å². The van der Waals surface area contributed by atoms with Crippen LogP contribution in [0, 0.1) is 0 Å². The molecule has 0 aliphatic rings. The van der Waals surface area contributed by atoms with Crippen molar-refractivity contribution in [3.63, 3.8) is 0 Å². The van der Waals surface area contributed by atoms with Crippen LogP contribution in [0.25, 0.3) is 0 Å². The van der Waals surface area contributed by atoms with Crippen LogP contribution >= 0.6 is 11.6 Å². The largest absolute Gasteiger partial charge is 0.459 e. The second-order valence-corrected chi connectivity index (χ2v) is 6.51. The molecular weight excluding hydrogens is 394 g/mol. The van der Waals surface area contributed by atoms with Gasteiger partial charge in [0.05, 0.1) is 6.26 Å². The quantitative estimate of drug-likeness (QED) is 0.548. The number of hydrogen-bond donors (Lipinski definition) is 3. The number of halogens is 1. The molecule has 3 N–H and O–H groups in total. The number of carbonyl (C=O) groups is 3. The van der Waals surface area contributed by atoms with E-state index in [1.54, 1.807) is 60.7 Å². The average molecular weight is 412 g/mol. The molecular formula is C21H18ClN3O4. The summed E-state index contributed by atoms with van der Waals surface area (Å²) in [7, 11) is 0. The van der Waals surface area contributed by atoms with Crippen LogP contribution in [0.4, 0.5) is 11.4 Å².